The van der Waals surface area contributed by atoms with Crippen LogP contribution in [0.4, 0.5) is 0 Å². The Bertz CT molecular complexity index is 588. The third-order valence-corrected chi connectivity index (χ3v) is 4.11. The van der Waals surface area contributed by atoms with Crippen molar-refractivity contribution in [2.75, 3.05) is 6.61 Å². The summed E-state index contributed by atoms with van der Waals surface area (Å²) in [5.41, 5.74) is 1.42. The number of benzene rings is 1. The zero-order valence-electron chi connectivity index (χ0n) is 14.4. The van der Waals surface area contributed by atoms with E-state index in [4.69, 9.17) is 4.74 Å². The smallest absolute Gasteiger partial charge is 0.252 e. The molecular formula is C18H26N2O4. The Morgan fingerprint density at radius 1 is 1.33 bits per heavy atom. The van der Waals surface area contributed by atoms with Gasteiger partial charge in [-0.3, -0.25) is 9.59 Å². The van der Waals surface area contributed by atoms with Crippen molar-refractivity contribution in [2.45, 2.75) is 52.0 Å². The summed E-state index contributed by atoms with van der Waals surface area (Å²) in [6, 6.07) is 6.19. The molecule has 1 heterocycles. The minimum atomic E-state index is -0.985. The Balaban J connectivity index is 2.06. The molecule has 3 N–H and O–H groups in total. The molecule has 2 unspecified atom stereocenters. The van der Waals surface area contributed by atoms with E-state index in [1.54, 1.807) is 12.1 Å². The highest BCUT2D eigenvalue weighted by Crippen LogP contribution is 2.13. The molecule has 0 saturated carbocycles. The molecule has 0 bridgehead atoms. The van der Waals surface area contributed by atoms with Crippen LogP contribution in [0.1, 0.15) is 42.6 Å². The molecule has 132 valence electrons. The minimum absolute atomic E-state index is 0.239. The van der Waals surface area contributed by atoms with Crippen LogP contribution >= 0.6 is 0 Å². The van der Waals surface area contributed by atoms with Crippen LogP contribution in [0, 0.1) is 12.8 Å². The van der Waals surface area contributed by atoms with E-state index in [1.165, 1.54) is 0 Å². The predicted octanol–water partition coefficient (Wildman–Crippen LogP) is 1.36. The summed E-state index contributed by atoms with van der Waals surface area (Å²) in [4.78, 5) is 25.0. The summed E-state index contributed by atoms with van der Waals surface area (Å²) in [6.45, 7) is 6.26. The van der Waals surface area contributed by atoms with Gasteiger partial charge in [0.1, 0.15) is 6.04 Å². The second-order valence-electron chi connectivity index (χ2n) is 6.64. The molecule has 1 aromatic rings. The number of carbonyl (C=O) groups excluding carboxylic acids is 2. The molecule has 3 atom stereocenters. The van der Waals surface area contributed by atoms with Gasteiger partial charge in [-0.15, -0.1) is 0 Å². The van der Waals surface area contributed by atoms with Gasteiger partial charge in [-0.05, 0) is 37.3 Å². The van der Waals surface area contributed by atoms with E-state index in [0.717, 1.165) is 5.56 Å². The molecule has 0 radical (unpaired) electrons. The van der Waals surface area contributed by atoms with E-state index in [-0.39, 0.29) is 17.7 Å². The molecule has 6 heteroatoms. The van der Waals surface area contributed by atoms with Crippen molar-refractivity contribution in [3.63, 3.8) is 0 Å². The molecule has 0 aliphatic carbocycles. The summed E-state index contributed by atoms with van der Waals surface area (Å²) in [6.07, 6.45) is 0.0981. The lowest BCUT2D eigenvalue weighted by Gasteiger charge is -2.23. The van der Waals surface area contributed by atoms with Gasteiger partial charge in [-0.2, -0.15) is 0 Å². The SMILES string of the molecule is Cc1ccccc1C(=O)NC(CC(C)C)C(=O)N[C@H]1CCOC1O. The van der Waals surface area contributed by atoms with E-state index < -0.39 is 18.4 Å². The van der Waals surface area contributed by atoms with Gasteiger partial charge in [0.25, 0.3) is 5.91 Å². The van der Waals surface area contributed by atoms with Gasteiger partial charge in [0.05, 0.1) is 12.6 Å². The number of rotatable bonds is 6. The Hall–Kier alpha value is -1.92. The molecule has 2 amide bonds. The number of ether oxygens (including phenoxy) is 1. The van der Waals surface area contributed by atoms with Gasteiger partial charge in [0.15, 0.2) is 6.29 Å². The molecule has 1 fully saturated rings. The van der Waals surface area contributed by atoms with E-state index in [1.807, 2.05) is 32.9 Å². The van der Waals surface area contributed by atoms with Crippen molar-refractivity contribution in [1.29, 1.82) is 0 Å². The number of amides is 2. The summed E-state index contributed by atoms with van der Waals surface area (Å²) in [5.74, 6) is -0.319. The summed E-state index contributed by atoms with van der Waals surface area (Å²) < 4.78 is 5.05. The fourth-order valence-electron chi connectivity index (χ4n) is 2.77. The second kappa shape index (κ2) is 8.26. The van der Waals surface area contributed by atoms with Gasteiger partial charge in [0, 0.05) is 5.56 Å². The summed E-state index contributed by atoms with van der Waals surface area (Å²) in [7, 11) is 0. The largest absolute Gasteiger partial charge is 0.366 e. The van der Waals surface area contributed by atoms with Crippen LogP contribution in [-0.2, 0) is 9.53 Å². The molecule has 24 heavy (non-hydrogen) atoms. The van der Waals surface area contributed by atoms with Gasteiger partial charge in [-0.1, -0.05) is 32.0 Å². The van der Waals surface area contributed by atoms with Crippen molar-refractivity contribution in [3.05, 3.63) is 35.4 Å². The Labute approximate surface area is 142 Å². The number of hydrogen-bond acceptors (Lipinski definition) is 4. The first kappa shape index (κ1) is 18.4. The fourth-order valence-corrected chi connectivity index (χ4v) is 2.77. The lowest BCUT2D eigenvalue weighted by atomic mass is 10.0. The topological polar surface area (TPSA) is 87.7 Å². The third-order valence-electron chi connectivity index (χ3n) is 4.11. The number of hydrogen-bond donors (Lipinski definition) is 3. The molecule has 1 aliphatic rings. The van der Waals surface area contributed by atoms with Crippen LogP contribution in [0.25, 0.3) is 0 Å². The first-order chi connectivity index (χ1) is 11.4. The molecule has 1 saturated heterocycles. The van der Waals surface area contributed by atoms with Gasteiger partial charge in [-0.25, -0.2) is 0 Å². The monoisotopic (exact) mass is 334 g/mol. The maximum Gasteiger partial charge on any atom is 0.252 e. The van der Waals surface area contributed by atoms with Gasteiger partial charge in [0.2, 0.25) is 5.91 Å². The van der Waals surface area contributed by atoms with Crippen molar-refractivity contribution in [3.8, 4) is 0 Å². The lowest BCUT2D eigenvalue weighted by Crippen LogP contribution is -2.51. The van der Waals surface area contributed by atoms with Crippen LogP contribution in [0.3, 0.4) is 0 Å². The van der Waals surface area contributed by atoms with E-state index in [0.29, 0.717) is 25.0 Å². The lowest BCUT2D eigenvalue weighted by molar-refractivity contribution is -0.127. The fraction of sp³-hybridized carbons (Fsp3) is 0.556. The molecule has 2 rings (SSSR count). The highest BCUT2D eigenvalue weighted by atomic mass is 16.6. The predicted molar refractivity (Wildman–Crippen MR) is 90.4 cm³/mol. The molecular weight excluding hydrogens is 308 g/mol. The quantitative estimate of drug-likeness (QED) is 0.733. The number of aliphatic hydroxyl groups is 1. The maximum atomic E-state index is 12.5. The minimum Gasteiger partial charge on any atom is -0.366 e. The molecule has 0 aromatic heterocycles. The highest BCUT2D eigenvalue weighted by molar-refractivity contribution is 5.98. The van der Waals surface area contributed by atoms with Crippen LogP contribution in [0.2, 0.25) is 0 Å². The van der Waals surface area contributed by atoms with Crippen LogP contribution in [0.15, 0.2) is 24.3 Å². The average molecular weight is 334 g/mol. The Morgan fingerprint density at radius 2 is 2.04 bits per heavy atom. The third kappa shape index (κ3) is 4.79. The zero-order chi connectivity index (χ0) is 17.7. The molecule has 6 nitrogen and oxygen atoms in total. The van der Waals surface area contributed by atoms with E-state index in [9.17, 15) is 14.7 Å². The molecule has 0 spiro atoms. The first-order valence-electron chi connectivity index (χ1n) is 8.35. The zero-order valence-corrected chi connectivity index (χ0v) is 14.4. The van der Waals surface area contributed by atoms with E-state index >= 15 is 0 Å². The molecule has 1 aromatic carbocycles. The van der Waals surface area contributed by atoms with Crippen molar-refractivity contribution in [1.82, 2.24) is 10.6 Å². The normalized spacial score (nSPS) is 21.5. The Morgan fingerprint density at radius 3 is 2.62 bits per heavy atom. The Kier molecular flexibility index (Phi) is 6.34. The number of aryl methyl sites for hydroxylation is 1. The maximum absolute atomic E-state index is 12.5. The number of nitrogens with one attached hydrogen (secondary N) is 2. The van der Waals surface area contributed by atoms with Crippen LogP contribution < -0.4 is 10.6 Å². The van der Waals surface area contributed by atoms with Crippen molar-refractivity contribution >= 4 is 11.8 Å². The first-order valence-corrected chi connectivity index (χ1v) is 8.35. The van der Waals surface area contributed by atoms with Crippen molar-refractivity contribution < 1.29 is 19.4 Å². The van der Waals surface area contributed by atoms with E-state index in [2.05, 4.69) is 10.6 Å². The van der Waals surface area contributed by atoms with Crippen LogP contribution in [0.5, 0.6) is 0 Å². The van der Waals surface area contributed by atoms with Crippen LogP contribution in [-0.4, -0.2) is 41.9 Å². The summed E-state index contributed by atoms with van der Waals surface area (Å²) in [5, 5.41) is 15.3. The second-order valence-corrected chi connectivity index (χ2v) is 6.64. The van der Waals surface area contributed by atoms with Gasteiger partial charge < -0.3 is 20.5 Å². The average Bonchev–Trinajstić information content (AvgIpc) is 2.91. The molecule has 1 aliphatic heterocycles. The highest BCUT2D eigenvalue weighted by Gasteiger charge is 2.31. The van der Waals surface area contributed by atoms with Gasteiger partial charge >= 0.3 is 0 Å². The standard InChI is InChI=1S/C18H26N2O4/c1-11(2)10-15(17(22)19-14-8-9-24-18(14)23)20-16(21)13-7-5-4-6-12(13)3/h4-7,11,14-15,18,23H,8-10H2,1-3H3,(H,19,22)(H,20,21)/t14-,15?,18?/m0/s1. The number of aliphatic hydroxyl groups excluding tert-OH is 1. The number of carbonyl (C=O) groups is 2. The van der Waals surface area contributed by atoms with Crippen molar-refractivity contribution in [2.24, 2.45) is 5.92 Å². The summed E-state index contributed by atoms with van der Waals surface area (Å²) >= 11 is 0.